The fraction of sp³-hybridized carbons (Fsp3) is 0.867. The number of aliphatic hydroxyl groups is 1. The second kappa shape index (κ2) is 6.64. The van der Waals surface area contributed by atoms with Crippen LogP contribution in [0.3, 0.4) is 0 Å². The number of carbonyl (C=O) groups excluding carboxylic acids is 1. The van der Waals surface area contributed by atoms with Crippen LogP contribution in [0, 0.1) is 5.41 Å². The Balaban J connectivity index is 1.95. The van der Waals surface area contributed by atoms with Crippen molar-refractivity contribution >= 4 is 12.0 Å². The first kappa shape index (κ1) is 16.1. The van der Waals surface area contributed by atoms with Gasteiger partial charge in [0.25, 0.3) is 0 Å². The number of amides is 2. The van der Waals surface area contributed by atoms with E-state index < -0.39 is 11.4 Å². The van der Waals surface area contributed by atoms with Gasteiger partial charge in [-0.2, -0.15) is 0 Å². The second-order valence-corrected chi connectivity index (χ2v) is 6.25. The molecule has 2 rings (SSSR count). The van der Waals surface area contributed by atoms with Gasteiger partial charge < -0.3 is 20.0 Å². The maximum absolute atomic E-state index is 12.5. The third-order valence-corrected chi connectivity index (χ3v) is 4.75. The van der Waals surface area contributed by atoms with Crippen LogP contribution < -0.4 is 0 Å². The van der Waals surface area contributed by atoms with E-state index in [1.54, 1.807) is 9.80 Å². The van der Waals surface area contributed by atoms with E-state index in [1.807, 2.05) is 6.92 Å². The number of carbonyl (C=O) groups is 2. The van der Waals surface area contributed by atoms with Crippen molar-refractivity contribution in [1.82, 2.24) is 9.80 Å². The fourth-order valence-electron chi connectivity index (χ4n) is 3.29. The number of piperidine rings is 1. The van der Waals surface area contributed by atoms with E-state index in [4.69, 9.17) is 5.11 Å². The molecule has 0 bridgehead atoms. The molecule has 0 radical (unpaired) electrons. The average molecular weight is 298 g/mol. The third-order valence-electron chi connectivity index (χ3n) is 4.75. The number of hydrogen-bond acceptors (Lipinski definition) is 3. The van der Waals surface area contributed by atoms with Gasteiger partial charge in [0, 0.05) is 25.7 Å². The Bertz CT molecular complexity index is 387. The molecule has 2 aliphatic rings. The first-order chi connectivity index (χ1) is 10.0. The molecule has 1 aliphatic heterocycles. The van der Waals surface area contributed by atoms with E-state index in [0.29, 0.717) is 38.9 Å². The number of aliphatic hydroxyl groups excluding tert-OH is 1. The number of urea groups is 1. The Morgan fingerprint density at radius 3 is 2.33 bits per heavy atom. The lowest BCUT2D eigenvalue weighted by Gasteiger charge is -2.40. The molecule has 1 heterocycles. The van der Waals surface area contributed by atoms with Crippen molar-refractivity contribution < 1.29 is 19.8 Å². The molecule has 0 aromatic heterocycles. The molecule has 0 aromatic rings. The summed E-state index contributed by atoms with van der Waals surface area (Å²) in [5, 5.41) is 18.6. The van der Waals surface area contributed by atoms with E-state index in [1.165, 1.54) is 0 Å². The lowest BCUT2D eigenvalue weighted by Crippen LogP contribution is -2.51. The summed E-state index contributed by atoms with van der Waals surface area (Å²) >= 11 is 0. The van der Waals surface area contributed by atoms with E-state index in [9.17, 15) is 14.7 Å². The molecule has 0 aromatic carbocycles. The topological polar surface area (TPSA) is 81.1 Å². The Morgan fingerprint density at radius 2 is 1.90 bits per heavy atom. The molecule has 120 valence electrons. The second-order valence-electron chi connectivity index (χ2n) is 6.25. The van der Waals surface area contributed by atoms with Crippen LogP contribution in [0.15, 0.2) is 0 Å². The Hall–Kier alpha value is -1.30. The average Bonchev–Trinajstić information content (AvgIpc) is 3.29. The van der Waals surface area contributed by atoms with Crippen LogP contribution >= 0.6 is 0 Å². The molecule has 2 fully saturated rings. The number of aliphatic carboxylic acids is 1. The molecule has 1 aliphatic carbocycles. The SMILES string of the molecule is CCCC1(C(=O)O)CCN(C(=O)N(CCO)C2CC2)CC1. The summed E-state index contributed by atoms with van der Waals surface area (Å²) in [6.45, 7) is 3.35. The highest BCUT2D eigenvalue weighted by atomic mass is 16.4. The van der Waals surface area contributed by atoms with Gasteiger partial charge in [-0.15, -0.1) is 0 Å². The normalized spacial score (nSPS) is 21.1. The minimum Gasteiger partial charge on any atom is -0.481 e. The Kier molecular flexibility index (Phi) is 5.08. The Labute approximate surface area is 125 Å². The van der Waals surface area contributed by atoms with Gasteiger partial charge in [0.1, 0.15) is 0 Å². The molecular weight excluding hydrogens is 272 g/mol. The molecule has 21 heavy (non-hydrogen) atoms. The molecule has 1 saturated carbocycles. The minimum atomic E-state index is -0.731. The van der Waals surface area contributed by atoms with Crippen LogP contribution in [0.5, 0.6) is 0 Å². The number of hydrogen-bond donors (Lipinski definition) is 2. The van der Waals surface area contributed by atoms with Crippen LogP contribution in [-0.4, -0.2) is 64.3 Å². The maximum Gasteiger partial charge on any atom is 0.320 e. The van der Waals surface area contributed by atoms with Crippen LogP contribution in [0.25, 0.3) is 0 Å². The van der Waals surface area contributed by atoms with Gasteiger partial charge in [0.2, 0.25) is 0 Å². The molecule has 0 spiro atoms. The zero-order chi connectivity index (χ0) is 15.5. The van der Waals surface area contributed by atoms with Crippen molar-refractivity contribution in [2.24, 2.45) is 5.41 Å². The summed E-state index contributed by atoms with van der Waals surface area (Å²) in [4.78, 5) is 27.6. The van der Waals surface area contributed by atoms with Crippen LogP contribution in [0.1, 0.15) is 45.4 Å². The number of nitrogens with zero attached hydrogens (tertiary/aromatic N) is 2. The van der Waals surface area contributed by atoms with Crippen molar-refractivity contribution in [3.8, 4) is 0 Å². The summed E-state index contributed by atoms with van der Waals surface area (Å²) in [6.07, 6.45) is 4.59. The first-order valence-electron chi connectivity index (χ1n) is 7.94. The van der Waals surface area contributed by atoms with Crippen molar-refractivity contribution in [2.75, 3.05) is 26.2 Å². The number of rotatable bonds is 6. The fourth-order valence-corrected chi connectivity index (χ4v) is 3.29. The highest BCUT2D eigenvalue weighted by Crippen LogP contribution is 2.37. The molecular formula is C15H26N2O4. The van der Waals surface area contributed by atoms with Gasteiger partial charge in [-0.1, -0.05) is 13.3 Å². The van der Waals surface area contributed by atoms with Gasteiger partial charge in [0.15, 0.2) is 0 Å². The predicted molar refractivity (Wildman–Crippen MR) is 78.0 cm³/mol. The van der Waals surface area contributed by atoms with Gasteiger partial charge in [-0.05, 0) is 32.1 Å². The predicted octanol–water partition coefficient (Wildman–Crippen LogP) is 1.53. The molecule has 6 heteroatoms. The van der Waals surface area contributed by atoms with Crippen molar-refractivity contribution in [2.45, 2.75) is 51.5 Å². The lowest BCUT2D eigenvalue weighted by atomic mass is 9.75. The zero-order valence-corrected chi connectivity index (χ0v) is 12.8. The van der Waals surface area contributed by atoms with E-state index >= 15 is 0 Å². The summed E-state index contributed by atoms with van der Waals surface area (Å²) < 4.78 is 0. The van der Waals surface area contributed by atoms with E-state index in [2.05, 4.69) is 0 Å². The molecule has 2 N–H and O–H groups in total. The number of carboxylic acids is 1. The van der Waals surface area contributed by atoms with Crippen LogP contribution in [0.2, 0.25) is 0 Å². The minimum absolute atomic E-state index is 0.0228. The Morgan fingerprint density at radius 1 is 1.29 bits per heavy atom. The summed E-state index contributed by atoms with van der Waals surface area (Å²) in [5.41, 5.74) is -0.660. The van der Waals surface area contributed by atoms with Gasteiger partial charge in [0.05, 0.1) is 12.0 Å². The molecule has 1 saturated heterocycles. The summed E-state index contributed by atoms with van der Waals surface area (Å²) in [5.74, 6) is -0.731. The van der Waals surface area contributed by atoms with Crippen molar-refractivity contribution in [3.63, 3.8) is 0 Å². The van der Waals surface area contributed by atoms with Crippen LogP contribution in [-0.2, 0) is 4.79 Å². The molecule has 2 amide bonds. The number of likely N-dealkylation sites (tertiary alicyclic amines) is 1. The summed E-state index contributed by atoms with van der Waals surface area (Å²) in [7, 11) is 0. The zero-order valence-electron chi connectivity index (χ0n) is 12.8. The quantitative estimate of drug-likeness (QED) is 0.779. The molecule has 6 nitrogen and oxygen atoms in total. The lowest BCUT2D eigenvalue weighted by molar-refractivity contribution is -0.152. The van der Waals surface area contributed by atoms with Crippen molar-refractivity contribution in [1.29, 1.82) is 0 Å². The molecule has 0 atom stereocenters. The molecule has 0 unspecified atom stereocenters. The van der Waals surface area contributed by atoms with Crippen LogP contribution in [0.4, 0.5) is 4.79 Å². The van der Waals surface area contributed by atoms with Crippen molar-refractivity contribution in [3.05, 3.63) is 0 Å². The number of carboxylic acid groups (broad SMARTS) is 1. The van der Waals surface area contributed by atoms with Gasteiger partial charge >= 0.3 is 12.0 Å². The third kappa shape index (κ3) is 3.48. The van der Waals surface area contributed by atoms with Gasteiger partial charge in [-0.25, -0.2) is 4.79 Å². The largest absolute Gasteiger partial charge is 0.481 e. The monoisotopic (exact) mass is 298 g/mol. The van der Waals surface area contributed by atoms with Gasteiger partial charge in [-0.3, -0.25) is 4.79 Å². The van der Waals surface area contributed by atoms with E-state index in [0.717, 1.165) is 19.3 Å². The standard InChI is InChI=1S/C15H26N2O4/c1-2-5-15(13(19)20)6-8-16(9-7-15)14(21)17(10-11-18)12-3-4-12/h12,18H,2-11H2,1H3,(H,19,20). The first-order valence-corrected chi connectivity index (χ1v) is 7.94. The smallest absolute Gasteiger partial charge is 0.320 e. The highest BCUT2D eigenvalue weighted by Gasteiger charge is 2.43. The summed E-state index contributed by atoms with van der Waals surface area (Å²) in [6, 6.07) is 0.230. The highest BCUT2D eigenvalue weighted by molar-refractivity contribution is 5.77. The van der Waals surface area contributed by atoms with E-state index in [-0.39, 0.29) is 18.7 Å². The maximum atomic E-state index is 12.5.